The number of nitrogens with zero attached hydrogens (tertiary/aromatic N) is 1. The quantitative estimate of drug-likeness (QED) is 0.768. The van der Waals surface area contributed by atoms with Gasteiger partial charge in [-0.1, -0.05) is 19.1 Å². The summed E-state index contributed by atoms with van der Waals surface area (Å²) in [6, 6.07) is 7.29. The molecule has 0 unspecified atom stereocenters. The number of anilines is 1. The lowest BCUT2D eigenvalue weighted by molar-refractivity contribution is -0.132. The van der Waals surface area contributed by atoms with E-state index < -0.39 is 0 Å². The van der Waals surface area contributed by atoms with Gasteiger partial charge in [0.2, 0.25) is 17.7 Å². The van der Waals surface area contributed by atoms with Gasteiger partial charge in [0.25, 0.3) is 0 Å². The minimum absolute atomic E-state index is 0.0101. The fraction of sp³-hybridized carbons (Fsp3) is 0.450. The van der Waals surface area contributed by atoms with Crippen molar-refractivity contribution in [2.45, 2.75) is 33.1 Å². The minimum atomic E-state index is -0.116. The number of nitrogens with one attached hydrogen (secondary N) is 2. The number of hydrogen-bond donors (Lipinski definition) is 2. The van der Waals surface area contributed by atoms with Crippen LogP contribution in [0.15, 0.2) is 30.3 Å². The zero-order chi connectivity index (χ0) is 18.9. The Balaban J connectivity index is 1.82. The Bertz CT molecular complexity index is 659. The van der Waals surface area contributed by atoms with Gasteiger partial charge >= 0.3 is 0 Å². The molecule has 1 aromatic rings. The van der Waals surface area contributed by atoms with Crippen LogP contribution in [0.1, 0.15) is 38.7 Å². The number of amides is 3. The van der Waals surface area contributed by atoms with Gasteiger partial charge in [0.05, 0.1) is 0 Å². The van der Waals surface area contributed by atoms with Crippen LogP contribution in [0.2, 0.25) is 0 Å². The molecule has 1 aliphatic rings. The van der Waals surface area contributed by atoms with Gasteiger partial charge < -0.3 is 15.5 Å². The van der Waals surface area contributed by atoms with Crippen LogP contribution in [0.25, 0.3) is 6.08 Å². The molecule has 0 saturated carbocycles. The van der Waals surface area contributed by atoms with E-state index in [1.165, 1.54) is 6.92 Å². The smallest absolute Gasteiger partial charge is 0.246 e. The molecule has 1 aliphatic heterocycles. The predicted octanol–water partition coefficient (Wildman–Crippen LogP) is 2.42. The van der Waals surface area contributed by atoms with E-state index in [1.807, 2.05) is 19.1 Å². The van der Waals surface area contributed by atoms with E-state index in [0.717, 1.165) is 17.7 Å². The molecule has 6 nitrogen and oxygen atoms in total. The van der Waals surface area contributed by atoms with E-state index in [1.54, 1.807) is 29.2 Å². The molecule has 26 heavy (non-hydrogen) atoms. The molecule has 2 rings (SSSR count). The summed E-state index contributed by atoms with van der Waals surface area (Å²) in [5.74, 6) is -0.0387. The lowest BCUT2D eigenvalue weighted by atomic mass is 9.96. The van der Waals surface area contributed by atoms with Gasteiger partial charge in [-0.2, -0.15) is 0 Å². The van der Waals surface area contributed by atoms with Crippen LogP contribution >= 0.6 is 0 Å². The summed E-state index contributed by atoms with van der Waals surface area (Å²) in [4.78, 5) is 37.1. The molecular formula is C20H27N3O3. The Labute approximate surface area is 154 Å². The maximum atomic E-state index is 12.3. The van der Waals surface area contributed by atoms with Crippen LogP contribution in [-0.2, 0) is 14.4 Å². The molecule has 0 aliphatic carbocycles. The first-order valence-corrected chi connectivity index (χ1v) is 9.12. The van der Waals surface area contributed by atoms with Crippen LogP contribution in [0.5, 0.6) is 0 Å². The van der Waals surface area contributed by atoms with E-state index in [2.05, 4.69) is 10.6 Å². The first kappa shape index (κ1) is 19.7. The SMILES string of the molecule is CCCNC(=O)C1CCN(C(=O)/C=C/c2ccc(NC(C)=O)cc2)CC1. The van der Waals surface area contributed by atoms with Gasteiger partial charge in [-0.15, -0.1) is 0 Å². The average molecular weight is 357 g/mol. The monoisotopic (exact) mass is 357 g/mol. The van der Waals surface area contributed by atoms with E-state index in [4.69, 9.17) is 0 Å². The van der Waals surface area contributed by atoms with Crippen molar-refractivity contribution in [2.75, 3.05) is 25.0 Å². The van der Waals surface area contributed by atoms with Crippen molar-refractivity contribution in [3.8, 4) is 0 Å². The van der Waals surface area contributed by atoms with E-state index in [0.29, 0.717) is 32.5 Å². The molecule has 0 bridgehead atoms. The molecule has 1 saturated heterocycles. The third-order valence-electron chi connectivity index (χ3n) is 4.38. The number of rotatable bonds is 6. The maximum Gasteiger partial charge on any atom is 0.246 e. The van der Waals surface area contributed by atoms with Crippen molar-refractivity contribution in [2.24, 2.45) is 5.92 Å². The van der Waals surface area contributed by atoms with Crippen LogP contribution in [0, 0.1) is 5.92 Å². The fourth-order valence-electron chi connectivity index (χ4n) is 2.91. The zero-order valence-corrected chi connectivity index (χ0v) is 15.5. The van der Waals surface area contributed by atoms with Crippen LogP contribution in [0.4, 0.5) is 5.69 Å². The Hall–Kier alpha value is -2.63. The molecular weight excluding hydrogens is 330 g/mol. The molecule has 0 aromatic heterocycles. The lowest BCUT2D eigenvalue weighted by Gasteiger charge is -2.30. The Kier molecular flexibility index (Phi) is 7.38. The zero-order valence-electron chi connectivity index (χ0n) is 15.5. The Morgan fingerprint density at radius 2 is 1.81 bits per heavy atom. The molecule has 1 fully saturated rings. The van der Waals surface area contributed by atoms with Gasteiger partial charge in [-0.25, -0.2) is 0 Å². The number of carbonyl (C=O) groups is 3. The highest BCUT2D eigenvalue weighted by atomic mass is 16.2. The highest BCUT2D eigenvalue weighted by molar-refractivity contribution is 5.92. The highest BCUT2D eigenvalue weighted by Crippen LogP contribution is 2.18. The van der Waals surface area contributed by atoms with Gasteiger partial charge in [-0.05, 0) is 43.0 Å². The largest absolute Gasteiger partial charge is 0.356 e. The van der Waals surface area contributed by atoms with Crippen molar-refractivity contribution >= 4 is 29.5 Å². The van der Waals surface area contributed by atoms with Crippen LogP contribution in [-0.4, -0.2) is 42.3 Å². The second-order valence-corrected chi connectivity index (χ2v) is 6.53. The molecule has 2 N–H and O–H groups in total. The van der Waals surface area contributed by atoms with Gasteiger partial charge in [0.15, 0.2) is 0 Å². The van der Waals surface area contributed by atoms with Crippen molar-refractivity contribution in [3.63, 3.8) is 0 Å². The molecule has 0 atom stereocenters. The van der Waals surface area contributed by atoms with Crippen LogP contribution < -0.4 is 10.6 Å². The number of benzene rings is 1. The molecule has 3 amide bonds. The van der Waals surface area contributed by atoms with Crippen molar-refractivity contribution in [1.82, 2.24) is 10.2 Å². The molecule has 1 heterocycles. The summed E-state index contributed by atoms with van der Waals surface area (Å²) < 4.78 is 0. The second-order valence-electron chi connectivity index (χ2n) is 6.53. The minimum Gasteiger partial charge on any atom is -0.356 e. The number of carbonyl (C=O) groups excluding carboxylic acids is 3. The van der Waals surface area contributed by atoms with Gasteiger partial charge in [-0.3, -0.25) is 14.4 Å². The molecule has 0 spiro atoms. The topological polar surface area (TPSA) is 78.5 Å². The van der Waals surface area contributed by atoms with Crippen molar-refractivity contribution in [1.29, 1.82) is 0 Å². The molecule has 1 aromatic carbocycles. The number of likely N-dealkylation sites (tertiary alicyclic amines) is 1. The Morgan fingerprint density at radius 1 is 1.15 bits per heavy atom. The standard InChI is InChI=1S/C20H27N3O3/c1-3-12-21-20(26)17-10-13-23(14-11-17)19(25)9-6-16-4-7-18(8-5-16)22-15(2)24/h4-9,17H,3,10-14H2,1-2H3,(H,21,26)(H,22,24)/b9-6+. The van der Waals surface area contributed by atoms with E-state index in [9.17, 15) is 14.4 Å². The second kappa shape index (κ2) is 9.75. The van der Waals surface area contributed by atoms with Gasteiger partial charge in [0, 0.05) is 44.2 Å². The molecule has 0 radical (unpaired) electrons. The van der Waals surface area contributed by atoms with Gasteiger partial charge in [0.1, 0.15) is 0 Å². The maximum absolute atomic E-state index is 12.3. The summed E-state index contributed by atoms with van der Waals surface area (Å²) >= 11 is 0. The third kappa shape index (κ3) is 6.02. The third-order valence-corrected chi connectivity index (χ3v) is 4.38. The Morgan fingerprint density at radius 3 is 2.38 bits per heavy atom. The van der Waals surface area contributed by atoms with Crippen molar-refractivity contribution in [3.05, 3.63) is 35.9 Å². The number of piperidine rings is 1. The summed E-state index contributed by atoms with van der Waals surface area (Å²) in [6.45, 7) is 5.41. The summed E-state index contributed by atoms with van der Waals surface area (Å²) in [7, 11) is 0. The van der Waals surface area contributed by atoms with E-state index in [-0.39, 0.29) is 23.6 Å². The lowest BCUT2D eigenvalue weighted by Crippen LogP contribution is -2.42. The van der Waals surface area contributed by atoms with Crippen LogP contribution in [0.3, 0.4) is 0 Å². The van der Waals surface area contributed by atoms with E-state index >= 15 is 0 Å². The summed E-state index contributed by atoms with van der Waals surface area (Å²) in [5.41, 5.74) is 1.62. The molecule has 6 heteroatoms. The highest BCUT2D eigenvalue weighted by Gasteiger charge is 2.26. The summed E-state index contributed by atoms with van der Waals surface area (Å²) in [5, 5.41) is 5.63. The number of hydrogen-bond acceptors (Lipinski definition) is 3. The first-order valence-electron chi connectivity index (χ1n) is 9.12. The summed E-state index contributed by atoms with van der Waals surface area (Å²) in [6.07, 6.45) is 5.67. The molecule has 140 valence electrons. The fourth-order valence-corrected chi connectivity index (χ4v) is 2.91. The average Bonchev–Trinajstić information content (AvgIpc) is 2.65. The predicted molar refractivity (Wildman–Crippen MR) is 102 cm³/mol. The normalized spacial score (nSPS) is 15.1. The van der Waals surface area contributed by atoms with Crippen molar-refractivity contribution < 1.29 is 14.4 Å². The first-order chi connectivity index (χ1) is 12.5.